The minimum atomic E-state index is 0.442. The van der Waals surface area contributed by atoms with E-state index in [1.807, 2.05) is 12.3 Å². The van der Waals surface area contributed by atoms with Crippen molar-refractivity contribution in [3.63, 3.8) is 0 Å². The van der Waals surface area contributed by atoms with Crippen LogP contribution in [0.4, 0.5) is 0 Å². The van der Waals surface area contributed by atoms with Crippen molar-refractivity contribution >= 4 is 6.21 Å². The molecule has 2 unspecified atom stereocenters. The largest absolute Gasteiger partial charge is 0.289 e. The number of nitrogens with zero attached hydrogens (tertiary/aromatic N) is 1. The summed E-state index contributed by atoms with van der Waals surface area (Å²) in [5, 5.41) is 0. The molecule has 0 aromatic heterocycles. The maximum atomic E-state index is 4.47. The lowest BCUT2D eigenvalue weighted by atomic mass is 9.93. The van der Waals surface area contributed by atoms with Gasteiger partial charge < -0.3 is 0 Å². The quantitative estimate of drug-likeness (QED) is 0.555. The molecule has 1 aliphatic heterocycles. The van der Waals surface area contributed by atoms with Gasteiger partial charge in [-0.05, 0) is 31.8 Å². The third kappa shape index (κ3) is 2.33. The van der Waals surface area contributed by atoms with E-state index in [2.05, 4.69) is 31.5 Å². The van der Waals surface area contributed by atoms with Gasteiger partial charge in [-0.1, -0.05) is 25.2 Å². The molecule has 0 fully saturated rings. The van der Waals surface area contributed by atoms with E-state index < -0.39 is 0 Å². The summed E-state index contributed by atoms with van der Waals surface area (Å²) in [6.07, 6.45) is 8.42. The van der Waals surface area contributed by atoms with Crippen LogP contribution < -0.4 is 0 Å². The second kappa shape index (κ2) is 4.24. The van der Waals surface area contributed by atoms with E-state index in [0.717, 1.165) is 12.8 Å². The molecule has 0 amide bonds. The summed E-state index contributed by atoms with van der Waals surface area (Å²) >= 11 is 0. The summed E-state index contributed by atoms with van der Waals surface area (Å²) < 4.78 is 0. The molecule has 0 saturated heterocycles. The van der Waals surface area contributed by atoms with E-state index in [1.165, 1.54) is 5.57 Å². The molecule has 1 aliphatic rings. The Morgan fingerprint density at radius 1 is 1.67 bits per heavy atom. The van der Waals surface area contributed by atoms with Gasteiger partial charge in [0, 0.05) is 6.21 Å². The normalized spacial score (nSPS) is 25.0. The molecule has 0 saturated carbocycles. The standard InChI is InChI=1S/C11H17N/c1-9(2)10(3)11-7-5-4-6-8-12-11/h4,6,8,10-11H,1,5,7H2,2-3H3. The van der Waals surface area contributed by atoms with Gasteiger partial charge in [0.15, 0.2) is 0 Å². The Morgan fingerprint density at radius 3 is 3.08 bits per heavy atom. The SMILES string of the molecule is C=C(C)C(C)C1CCC=CC=N1. The molecule has 0 N–H and O–H groups in total. The average Bonchev–Trinajstić information content (AvgIpc) is 2.30. The Bertz CT molecular complexity index is 213. The minimum absolute atomic E-state index is 0.442. The van der Waals surface area contributed by atoms with Gasteiger partial charge in [0.2, 0.25) is 0 Å². The van der Waals surface area contributed by atoms with Crippen LogP contribution in [0.25, 0.3) is 0 Å². The first kappa shape index (κ1) is 9.24. The molecule has 1 nitrogen and oxygen atoms in total. The van der Waals surface area contributed by atoms with Gasteiger partial charge in [0.05, 0.1) is 6.04 Å². The van der Waals surface area contributed by atoms with Gasteiger partial charge in [-0.15, -0.1) is 0 Å². The van der Waals surface area contributed by atoms with E-state index in [0.29, 0.717) is 12.0 Å². The minimum Gasteiger partial charge on any atom is -0.289 e. The lowest BCUT2D eigenvalue weighted by Crippen LogP contribution is -2.15. The van der Waals surface area contributed by atoms with Crippen molar-refractivity contribution in [1.29, 1.82) is 0 Å². The van der Waals surface area contributed by atoms with Crippen LogP contribution in [0.5, 0.6) is 0 Å². The predicted molar refractivity (Wildman–Crippen MR) is 54.6 cm³/mol. The van der Waals surface area contributed by atoms with E-state index in [4.69, 9.17) is 0 Å². The highest BCUT2D eigenvalue weighted by Crippen LogP contribution is 2.20. The smallest absolute Gasteiger partial charge is 0.0564 e. The summed E-state index contributed by atoms with van der Waals surface area (Å²) in [7, 11) is 0. The molecule has 66 valence electrons. The summed E-state index contributed by atoms with van der Waals surface area (Å²) in [6.45, 7) is 8.25. The third-order valence-electron chi connectivity index (χ3n) is 2.48. The van der Waals surface area contributed by atoms with Crippen LogP contribution in [0, 0.1) is 5.92 Å². The molecule has 12 heavy (non-hydrogen) atoms. The van der Waals surface area contributed by atoms with Crippen molar-refractivity contribution in [3.8, 4) is 0 Å². The number of hydrogen-bond acceptors (Lipinski definition) is 1. The van der Waals surface area contributed by atoms with Gasteiger partial charge in [-0.3, -0.25) is 4.99 Å². The predicted octanol–water partition coefficient (Wildman–Crippen LogP) is 2.99. The van der Waals surface area contributed by atoms with Crippen LogP contribution in [-0.4, -0.2) is 12.3 Å². The van der Waals surface area contributed by atoms with Crippen molar-refractivity contribution in [3.05, 3.63) is 24.3 Å². The Balaban J connectivity index is 2.57. The Kier molecular flexibility index (Phi) is 3.27. The first-order chi connectivity index (χ1) is 5.72. The molecular formula is C11H17N. The number of hydrogen-bond donors (Lipinski definition) is 0. The zero-order chi connectivity index (χ0) is 8.97. The van der Waals surface area contributed by atoms with Gasteiger partial charge in [-0.25, -0.2) is 0 Å². The van der Waals surface area contributed by atoms with Crippen molar-refractivity contribution < 1.29 is 0 Å². The zero-order valence-electron chi connectivity index (χ0n) is 7.96. The highest BCUT2D eigenvalue weighted by atomic mass is 14.8. The highest BCUT2D eigenvalue weighted by Gasteiger charge is 2.15. The van der Waals surface area contributed by atoms with Crippen molar-refractivity contribution in [2.24, 2.45) is 10.9 Å². The first-order valence-corrected chi connectivity index (χ1v) is 4.55. The molecule has 0 bridgehead atoms. The molecule has 1 heteroatoms. The maximum absolute atomic E-state index is 4.47. The number of allylic oxidation sites excluding steroid dienone is 2. The Morgan fingerprint density at radius 2 is 2.42 bits per heavy atom. The number of aliphatic imine (C=N–C) groups is 1. The van der Waals surface area contributed by atoms with Crippen LogP contribution in [0.15, 0.2) is 29.3 Å². The summed E-state index contributed by atoms with van der Waals surface area (Å²) in [5.74, 6) is 0.515. The monoisotopic (exact) mass is 163 g/mol. The molecule has 0 aromatic carbocycles. The summed E-state index contributed by atoms with van der Waals surface area (Å²) in [4.78, 5) is 4.47. The lowest BCUT2D eigenvalue weighted by molar-refractivity contribution is 0.494. The van der Waals surface area contributed by atoms with E-state index in [1.54, 1.807) is 0 Å². The fourth-order valence-electron chi connectivity index (χ4n) is 1.37. The Labute approximate surface area is 74.9 Å². The van der Waals surface area contributed by atoms with Gasteiger partial charge in [0.25, 0.3) is 0 Å². The van der Waals surface area contributed by atoms with E-state index in [-0.39, 0.29) is 0 Å². The van der Waals surface area contributed by atoms with Crippen molar-refractivity contribution in [1.82, 2.24) is 0 Å². The lowest BCUT2D eigenvalue weighted by Gasteiger charge is -2.18. The summed E-state index contributed by atoms with van der Waals surface area (Å²) in [5.41, 5.74) is 1.24. The molecule has 0 aliphatic carbocycles. The van der Waals surface area contributed by atoms with Crippen molar-refractivity contribution in [2.45, 2.75) is 32.7 Å². The zero-order valence-corrected chi connectivity index (χ0v) is 7.96. The molecular weight excluding hydrogens is 146 g/mol. The van der Waals surface area contributed by atoms with Crippen LogP contribution in [0.1, 0.15) is 26.7 Å². The highest BCUT2D eigenvalue weighted by molar-refractivity contribution is 5.71. The Hall–Kier alpha value is -0.850. The second-order valence-electron chi connectivity index (χ2n) is 3.51. The van der Waals surface area contributed by atoms with Crippen molar-refractivity contribution in [2.75, 3.05) is 0 Å². The van der Waals surface area contributed by atoms with Gasteiger partial charge in [0.1, 0.15) is 0 Å². The van der Waals surface area contributed by atoms with Crippen LogP contribution in [-0.2, 0) is 0 Å². The van der Waals surface area contributed by atoms with E-state index in [9.17, 15) is 0 Å². The fourth-order valence-corrected chi connectivity index (χ4v) is 1.37. The van der Waals surface area contributed by atoms with Crippen LogP contribution >= 0.6 is 0 Å². The molecule has 2 atom stereocenters. The summed E-state index contributed by atoms with van der Waals surface area (Å²) in [6, 6.07) is 0.442. The topological polar surface area (TPSA) is 12.4 Å². The average molecular weight is 163 g/mol. The first-order valence-electron chi connectivity index (χ1n) is 4.55. The van der Waals surface area contributed by atoms with Crippen LogP contribution in [0.3, 0.4) is 0 Å². The van der Waals surface area contributed by atoms with Gasteiger partial charge in [-0.2, -0.15) is 0 Å². The molecule has 1 heterocycles. The molecule has 0 spiro atoms. The number of rotatable bonds is 2. The third-order valence-corrected chi connectivity index (χ3v) is 2.48. The van der Waals surface area contributed by atoms with Crippen LogP contribution in [0.2, 0.25) is 0 Å². The molecule has 0 radical (unpaired) electrons. The van der Waals surface area contributed by atoms with Gasteiger partial charge >= 0.3 is 0 Å². The van der Waals surface area contributed by atoms with E-state index >= 15 is 0 Å². The molecule has 1 rings (SSSR count). The molecule has 0 aromatic rings. The fraction of sp³-hybridized carbons (Fsp3) is 0.545. The second-order valence-corrected chi connectivity index (χ2v) is 3.51. The maximum Gasteiger partial charge on any atom is 0.0564 e.